The number of nitrogen functional groups attached to an aromatic ring is 1. The second kappa shape index (κ2) is 3.66. The number of alkyl halides is 2. The highest BCUT2D eigenvalue weighted by Crippen LogP contribution is 2.24. The van der Waals surface area contributed by atoms with Crippen molar-refractivity contribution in [3.63, 3.8) is 0 Å². The van der Waals surface area contributed by atoms with Crippen molar-refractivity contribution in [3.05, 3.63) is 17.6 Å². The van der Waals surface area contributed by atoms with Crippen LogP contribution in [0.15, 0.2) is 11.1 Å². The largest absolute Gasteiger partial charge is 0.394 e. The van der Waals surface area contributed by atoms with Crippen LogP contribution in [0.3, 0.4) is 0 Å². The quantitative estimate of drug-likeness (QED) is 0.782. The molecule has 1 aromatic rings. The molecule has 0 fully saturated rings. The first kappa shape index (κ1) is 11.7. The fourth-order valence-electron chi connectivity index (χ4n) is 0.848. The van der Waals surface area contributed by atoms with E-state index in [1.54, 1.807) is 0 Å². The van der Waals surface area contributed by atoms with Gasteiger partial charge in [-0.25, -0.2) is 31.7 Å². The van der Waals surface area contributed by atoms with Crippen LogP contribution in [-0.2, 0) is 10.0 Å². The van der Waals surface area contributed by atoms with Gasteiger partial charge in [0.25, 0.3) is 16.4 Å². The van der Waals surface area contributed by atoms with Gasteiger partial charge in [0.2, 0.25) is 0 Å². The molecule has 0 saturated heterocycles. The Bertz CT molecular complexity index is 489. The highest BCUT2D eigenvalue weighted by atomic mass is 32.2. The van der Waals surface area contributed by atoms with Crippen molar-refractivity contribution in [3.8, 4) is 0 Å². The van der Waals surface area contributed by atoms with E-state index in [1.807, 2.05) is 0 Å². The summed E-state index contributed by atoms with van der Waals surface area (Å²) in [6, 6.07) is 0.356. The standard InChI is InChI=1S/C6H6F3N3O2S/c7-2-1-3(5(8)9)12-6(4(2)10)15(11,13)14/h1,5H,10H2,(H2,11,13,14). The van der Waals surface area contributed by atoms with E-state index in [4.69, 9.17) is 5.73 Å². The molecule has 5 nitrogen and oxygen atoms in total. The smallest absolute Gasteiger partial charge is 0.280 e. The molecular weight excluding hydrogens is 235 g/mol. The minimum Gasteiger partial charge on any atom is -0.394 e. The average molecular weight is 241 g/mol. The molecule has 4 N–H and O–H groups in total. The minimum atomic E-state index is -4.42. The van der Waals surface area contributed by atoms with Gasteiger partial charge in [-0.2, -0.15) is 0 Å². The van der Waals surface area contributed by atoms with Gasteiger partial charge in [0, 0.05) is 6.07 Å². The maximum Gasteiger partial charge on any atom is 0.280 e. The van der Waals surface area contributed by atoms with Crippen molar-refractivity contribution in [1.29, 1.82) is 0 Å². The molecule has 0 aliphatic rings. The Kier molecular flexibility index (Phi) is 2.86. The van der Waals surface area contributed by atoms with Gasteiger partial charge >= 0.3 is 0 Å². The molecule has 1 heterocycles. The third-order valence-electron chi connectivity index (χ3n) is 1.49. The first-order valence-electron chi connectivity index (χ1n) is 3.50. The lowest BCUT2D eigenvalue weighted by Crippen LogP contribution is -2.18. The van der Waals surface area contributed by atoms with Gasteiger partial charge in [-0.15, -0.1) is 0 Å². The van der Waals surface area contributed by atoms with Crippen LogP contribution in [0.4, 0.5) is 18.9 Å². The summed E-state index contributed by atoms with van der Waals surface area (Å²) in [7, 11) is -4.42. The van der Waals surface area contributed by atoms with Crippen molar-refractivity contribution in [2.75, 3.05) is 5.73 Å². The normalized spacial score (nSPS) is 12.1. The number of rotatable bonds is 2. The van der Waals surface area contributed by atoms with E-state index in [-0.39, 0.29) is 0 Å². The molecule has 1 rings (SSSR count). The molecule has 0 spiro atoms. The van der Waals surface area contributed by atoms with Crippen LogP contribution in [0, 0.1) is 5.82 Å². The first-order valence-corrected chi connectivity index (χ1v) is 5.05. The Labute approximate surface area is 83.0 Å². The molecule has 0 bridgehead atoms. The average Bonchev–Trinajstić information content (AvgIpc) is 2.06. The van der Waals surface area contributed by atoms with E-state index >= 15 is 0 Å². The Morgan fingerprint density at radius 2 is 1.93 bits per heavy atom. The first-order chi connectivity index (χ1) is 6.73. The van der Waals surface area contributed by atoms with E-state index in [0.29, 0.717) is 6.07 Å². The van der Waals surface area contributed by atoms with E-state index in [2.05, 4.69) is 10.1 Å². The molecule has 0 atom stereocenters. The van der Waals surface area contributed by atoms with E-state index in [9.17, 15) is 21.6 Å². The van der Waals surface area contributed by atoms with Crippen LogP contribution in [0.25, 0.3) is 0 Å². The second-order valence-electron chi connectivity index (χ2n) is 2.59. The zero-order chi connectivity index (χ0) is 11.8. The number of hydrogen-bond acceptors (Lipinski definition) is 4. The molecule has 84 valence electrons. The predicted octanol–water partition coefficient (Wildman–Crippen LogP) is 0.388. The molecule has 0 aromatic carbocycles. The lowest BCUT2D eigenvalue weighted by atomic mass is 10.3. The van der Waals surface area contributed by atoms with Crippen LogP contribution in [0.1, 0.15) is 12.1 Å². The van der Waals surface area contributed by atoms with Crippen molar-refractivity contribution < 1.29 is 21.6 Å². The van der Waals surface area contributed by atoms with Crippen LogP contribution >= 0.6 is 0 Å². The fraction of sp³-hybridized carbons (Fsp3) is 0.167. The van der Waals surface area contributed by atoms with Gasteiger partial charge in [-0.3, -0.25) is 0 Å². The Morgan fingerprint density at radius 3 is 2.33 bits per heavy atom. The minimum absolute atomic E-state index is 0.356. The molecule has 0 unspecified atom stereocenters. The maximum atomic E-state index is 12.9. The zero-order valence-electron chi connectivity index (χ0n) is 7.12. The number of anilines is 1. The van der Waals surface area contributed by atoms with Crippen LogP contribution in [-0.4, -0.2) is 13.4 Å². The molecule has 0 radical (unpaired) electrons. The van der Waals surface area contributed by atoms with Gasteiger partial charge in [-0.1, -0.05) is 0 Å². The van der Waals surface area contributed by atoms with Gasteiger partial charge < -0.3 is 5.73 Å². The summed E-state index contributed by atoms with van der Waals surface area (Å²) in [6.45, 7) is 0. The van der Waals surface area contributed by atoms with E-state index < -0.39 is 38.7 Å². The van der Waals surface area contributed by atoms with Gasteiger partial charge in [0.15, 0.2) is 10.8 Å². The van der Waals surface area contributed by atoms with Crippen LogP contribution < -0.4 is 10.9 Å². The van der Waals surface area contributed by atoms with Gasteiger partial charge in [0.1, 0.15) is 11.4 Å². The number of halogens is 3. The van der Waals surface area contributed by atoms with Crippen LogP contribution in [0.2, 0.25) is 0 Å². The maximum absolute atomic E-state index is 12.9. The molecule has 1 aromatic heterocycles. The third-order valence-corrected chi connectivity index (χ3v) is 2.34. The summed E-state index contributed by atoms with van der Waals surface area (Å²) in [4.78, 5) is 2.98. The van der Waals surface area contributed by atoms with Crippen LogP contribution in [0.5, 0.6) is 0 Å². The Balaban J connectivity index is 3.52. The molecule has 0 saturated carbocycles. The SMILES string of the molecule is Nc1c(F)cc(C(F)F)nc1S(N)(=O)=O. The molecule has 0 aliphatic heterocycles. The topological polar surface area (TPSA) is 99.1 Å². The molecular formula is C6H6F3N3O2S. The summed E-state index contributed by atoms with van der Waals surface area (Å²) in [5, 5.41) is 3.53. The summed E-state index contributed by atoms with van der Waals surface area (Å²) in [6.07, 6.45) is -3.11. The van der Waals surface area contributed by atoms with Crippen molar-refractivity contribution in [2.45, 2.75) is 11.5 Å². The number of nitrogens with zero attached hydrogens (tertiary/aromatic N) is 1. The molecule has 0 aliphatic carbocycles. The van der Waals surface area contributed by atoms with E-state index in [0.717, 1.165) is 0 Å². The molecule has 15 heavy (non-hydrogen) atoms. The number of nitrogens with two attached hydrogens (primary N) is 2. The number of primary sulfonamides is 1. The fourth-order valence-corrected chi connectivity index (χ4v) is 1.48. The highest BCUT2D eigenvalue weighted by molar-refractivity contribution is 7.89. The number of aromatic nitrogens is 1. The Hall–Kier alpha value is -1.35. The second-order valence-corrected chi connectivity index (χ2v) is 4.07. The Morgan fingerprint density at radius 1 is 1.40 bits per heavy atom. The highest BCUT2D eigenvalue weighted by Gasteiger charge is 2.22. The third kappa shape index (κ3) is 2.36. The summed E-state index contributed by atoms with van der Waals surface area (Å²) in [5.41, 5.74) is 3.09. The summed E-state index contributed by atoms with van der Waals surface area (Å²) < 4.78 is 58.8. The summed E-state index contributed by atoms with van der Waals surface area (Å²) in [5.74, 6) is -1.30. The number of sulfonamides is 1. The van der Waals surface area contributed by atoms with Crippen molar-refractivity contribution in [2.24, 2.45) is 5.14 Å². The molecule has 9 heteroatoms. The van der Waals surface area contributed by atoms with Gasteiger partial charge in [-0.05, 0) is 0 Å². The molecule has 0 amide bonds. The lowest BCUT2D eigenvalue weighted by molar-refractivity contribution is 0.145. The summed E-state index contributed by atoms with van der Waals surface area (Å²) >= 11 is 0. The lowest BCUT2D eigenvalue weighted by Gasteiger charge is -2.06. The van der Waals surface area contributed by atoms with Gasteiger partial charge in [0.05, 0.1) is 0 Å². The zero-order valence-corrected chi connectivity index (χ0v) is 7.93. The van der Waals surface area contributed by atoms with Crippen molar-refractivity contribution in [1.82, 2.24) is 4.98 Å². The predicted molar refractivity (Wildman–Crippen MR) is 44.9 cm³/mol. The van der Waals surface area contributed by atoms with E-state index in [1.165, 1.54) is 0 Å². The monoisotopic (exact) mass is 241 g/mol. The number of pyridine rings is 1. The van der Waals surface area contributed by atoms with Crippen molar-refractivity contribution >= 4 is 15.7 Å². The number of hydrogen-bond donors (Lipinski definition) is 2.